The molecule has 3 heteroatoms. The highest BCUT2D eigenvalue weighted by molar-refractivity contribution is 9.10. The second-order valence-electron chi connectivity index (χ2n) is 15.3. The van der Waals surface area contributed by atoms with Gasteiger partial charge < -0.3 is 0 Å². The van der Waals surface area contributed by atoms with Gasteiger partial charge in [0.2, 0.25) is 13.4 Å². The molecule has 8 aromatic carbocycles. The summed E-state index contributed by atoms with van der Waals surface area (Å²) in [5.41, 5.74) is 22.0. The highest BCUT2D eigenvalue weighted by atomic mass is 79.9. The third-order valence-electron chi connectivity index (χ3n) is 12.0. The lowest BCUT2D eigenvalue weighted by atomic mass is 9.30. The van der Waals surface area contributed by atoms with Crippen LogP contribution < -0.4 is 32.8 Å². The van der Waals surface area contributed by atoms with Gasteiger partial charge in [-0.25, -0.2) is 0 Å². The molecule has 2 aliphatic heterocycles. The third kappa shape index (κ3) is 4.28. The van der Waals surface area contributed by atoms with Crippen molar-refractivity contribution in [2.75, 3.05) is 0 Å². The molecule has 0 spiro atoms. The van der Waals surface area contributed by atoms with Crippen molar-refractivity contribution in [2.45, 2.75) is 41.5 Å². The van der Waals surface area contributed by atoms with Crippen LogP contribution in [0.3, 0.4) is 0 Å². The molecule has 0 amide bonds. The highest BCUT2D eigenvalue weighted by Gasteiger charge is 2.40. The van der Waals surface area contributed by atoms with Crippen molar-refractivity contribution in [3.63, 3.8) is 0 Å². The number of hydrogen-bond acceptors (Lipinski definition) is 0. The van der Waals surface area contributed by atoms with Crippen LogP contribution in [-0.2, 0) is 0 Å². The number of benzene rings is 8. The van der Waals surface area contributed by atoms with Gasteiger partial charge in [-0.2, -0.15) is 0 Å². The zero-order valence-corrected chi connectivity index (χ0v) is 31.6. The summed E-state index contributed by atoms with van der Waals surface area (Å²) in [6, 6.07) is 44.6. The Kier molecular flexibility index (Phi) is 6.72. The predicted molar refractivity (Wildman–Crippen MR) is 228 cm³/mol. The van der Waals surface area contributed by atoms with Crippen LogP contribution in [-0.4, -0.2) is 13.4 Å². The Morgan fingerprint density at radius 2 is 0.902 bits per heavy atom. The van der Waals surface area contributed by atoms with Crippen molar-refractivity contribution in [3.05, 3.63) is 153 Å². The Morgan fingerprint density at radius 3 is 1.53 bits per heavy atom. The SMILES string of the molecule is Cc1cc(C)c(B2c3cc4c5c(cccc5c3-c3cccc5cccc2c35)B(c2c(C)cc(C)cc2C)c2cc(Br)c3ccccc3c2-4)c(C)c1. The molecule has 2 heterocycles. The van der Waals surface area contributed by atoms with Gasteiger partial charge in [0.15, 0.2) is 0 Å². The standard InChI is InChI=1S/C48H37B2Br/c1-26-20-28(3)47(29(4)21-26)49-38-18-10-13-32-12-9-16-35(43(32)38)45-36-17-11-19-39-46(36)37(24-40(45)49)44-34-15-8-7-14-33(34)42(51)25-41(44)50(39)48-30(5)22-27(2)23-31(48)6/h7-25H,1-6H3. The van der Waals surface area contributed by atoms with Gasteiger partial charge in [0, 0.05) is 4.47 Å². The molecule has 10 rings (SSSR count). The third-order valence-corrected chi connectivity index (χ3v) is 12.7. The van der Waals surface area contributed by atoms with Crippen LogP contribution in [0, 0.1) is 41.5 Å². The number of aryl methyl sites for hydroxylation is 6. The van der Waals surface area contributed by atoms with Crippen LogP contribution in [0.1, 0.15) is 33.4 Å². The average molecular weight is 715 g/mol. The first-order valence-electron chi connectivity index (χ1n) is 18.2. The number of rotatable bonds is 2. The topological polar surface area (TPSA) is 0 Å². The van der Waals surface area contributed by atoms with Crippen LogP contribution in [0.15, 0.2) is 120 Å². The van der Waals surface area contributed by atoms with Crippen LogP contribution in [0.2, 0.25) is 0 Å². The number of halogens is 1. The quantitative estimate of drug-likeness (QED) is 0.157. The molecule has 0 atom stereocenters. The lowest BCUT2D eigenvalue weighted by Gasteiger charge is -2.35. The van der Waals surface area contributed by atoms with Gasteiger partial charge in [-0.15, -0.1) is 0 Å². The summed E-state index contributed by atoms with van der Waals surface area (Å²) < 4.78 is 1.15. The summed E-state index contributed by atoms with van der Waals surface area (Å²) in [5.74, 6) is 0. The molecular formula is C48H37B2Br. The van der Waals surface area contributed by atoms with Crippen molar-refractivity contribution in [3.8, 4) is 22.3 Å². The van der Waals surface area contributed by atoms with Crippen molar-refractivity contribution in [2.24, 2.45) is 0 Å². The summed E-state index contributed by atoms with van der Waals surface area (Å²) in [4.78, 5) is 0. The second-order valence-corrected chi connectivity index (χ2v) is 16.1. The monoisotopic (exact) mass is 714 g/mol. The van der Waals surface area contributed by atoms with E-state index in [0.717, 1.165) is 4.47 Å². The Balaban J connectivity index is 1.43. The molecule has 2 aliphatic rings. The minimum Gasteiger partial charge on any atom is -0.0663 e. The first-order chi connectivity index (χ1) is 24.7. The summed E-state index contributed by atoms with van der Waals surface area (Å²) in [5, 5.41) is 8.03. The van der Waals surface area contributed by atoms with E-state index < -0.39 is 0 Å². The molecule has 8 aromatic rings. The van der Waals surface area contributed by atoms with E-state index in [1.165, 1.54) is 121 Å². The predicted octanol–water partition coefficient (Wildman–Crippen LogP) is 8.75. The van der Waals surface area contributed by atoms with Gasteiger partial charge in [-0.05, 0) is 96.1 Å². The fourth-order valence-electron chi connectivity index (χ4n) is 10.4. The first kappa shape index (κ1) is 30.9. The summed E-state index contributed by atoms with van der Waals surface area (Å²) in [6.07, 6.45) is 0. The second kappa shape index (κ2) is 11.1. The normalized spacial score (nSPS) is 12.9. The zero-order chi connectivity index (χ0) is 34.9. The minimum absolute atomic E-state index is 0.111. The molecule has 51 heavy (non-hydrogen) atoms. The minimum atomic E-state index is 0.111. The van der Waals surface area contributed by atoms with Gasteiger partial charge >= 0.3 is 0 Å². The van der Waals surface area contributed by atoms with Gasteiger partial charge in [0.1, 0.15) is 0 Å². The lowest BCUT2D eigenvalue weighted by Crippen LogP contribution is -2.58. The molecule has 0 saturated carbocycles. The molecule has 0 N–H and O–H groups in total. The molecule has 0 nitrogen and oxygen atoms in total. The van der Waals surface area contributed by atoms with E-state index in [2.05, 4.69) is 173 Å². The van der Waals surface area contributed by atoms with E-state index in [1.807, 2.05) is 0 Å². The maximum Gasteiger partial charge on any atom is 0.243 e. The fourth-order valence-corrected chi connectivity index (χ4v) is 11.0. The largest absolute Gasteiger partial charge is 0.243 e. The van der Waals surface area contributed by atoms with Gasteiger partial charge in [0.25, 0.3) is 0 Å². The smallest absolute Gasteiger partial charge is 0.0663 e. The first-order valence-corrected chi connectivity index (χ1v) is 19.0. The summed E-state index contributed by atoms with van der Waals surface area (Å²) >= 11 is 4.06. The molecular weight excluding hydrogens is 678 g/mol. The van der Waals surface area contributed by atoms with Crippen molar-refractivity contribution in [1.82, 2.24) is 0 Å². The van der Waals surface area contributed by atoms with E-state index in [1.54, 1.807) is 0 Å². The Morgan fingerprint density at radius 1 is 0.412 bits per heavy atom. The van der Waals surface area contributed by atoms with E-state index in [9.17, 15) is 0 Å². The van der Waals surface area contributed by atoms with E-state index >= 15 is 0 Å². The molecule has 0 fully saturated rings. The van der Waals surface area contributed by atoms with E-state index in [-0.39, 0.29) is 13.4 Å². The average Bonchev–Trinajstić information content (AvgIpc) is 3.10. The molecule has 0 bridgehead atoms. The molecule has 242 valence electrons. The number of fused-ring (bicyclic) bond motifs is 7. The van der Waals surface area contributed by atoms with Crippen molar-refractivity contribution in [1.29, 1.82) is 0 Å². The van der Waals surface area contributed by atoms with Crippen LogP contribution in [0.4, 0.5) is 0 Å². The summed E-state index contributed by atoms with van der Waals surface area (Å²) in [6.45, 7) is 13.9. The van der Waals surface area contributed by atoms with Crippen LogP contribution >= 0.6 is 15.9 Å². The van der Waals surface area contributed by atoms with E-state index in [4.69, 9.17) is 0 Å². The highest BCUT2D eigenvalue weighted by Crippen LogP contribution is 2.43. The van der Waals surface area contributed by atoms with Gasteiger partial charge in [-0.3, -0.25) is 0 Å². The molecule has 0 aromatic heterocycles. The number of hydrogen-bond donors (Lipinski definition) is 0. The molecule has 0 radical (unpaired) electrons. The fraction of sp³-hybridized carbons (Fsp3) is 0.125. The Labute approximate surface area is 309 Å². The maximum absolute atomic E-state index is 4.06. The van der Waals surface area contributed by atoms with Gasteiger partial charge in [0.05, 0.1) is 0 Å². The molecule has 0 saturated heterocycles. The van der Waals surface area contributed by atoms with Crippen LogP contribution in [0.5, 0.6) is 0 Å². The lowest BCUT2D eigenvalue weighted by molar-refractivity contribution is 1.35. The van der Waals surface area contributed by atoms with Crippen LogP contribution in [0.25, 0.3) is 54.6 Å². The van der Waals surface area contributed by atoms with Crippen molar-refractivity contribution < 1.29 is 0 Å². The molecule has 0 aliphatic carbocycles. The Hall–Kier alpha value is -4.85. The van der Waals surface area contributed by atoms with Crippen molar-refractivity contribution >= 4 is 94.4 Å². The van der Waals surface area contributed by atoms with Gasteiger partial charge in [-0.1, -0.05) is 197 Å². The maximum atomic E-state index is 4.06. The molecule has 0 unspecified atom stereocenters. The van der Waals surface area contributed by atoms with E-state index in [0.29, 0.717) is 0 Å². The Bertz CT molecular complexity index is 2790. The summed E-state index contributed by atoms with van der Waals surface area (Å²) in [7, 11) is 0. The zero-order valence-electron chi connectivity index (χ0n) is 30.0.